The summed E-state index contributed by atoms with van der Waals surface area (Å²) in [4.78, 5) is 12.6. The van der Waals surface area contributed by atoms with Gasteiger partial charge in [0.1, 0.15) is 0 Å². The quantitative estimate of drug-likeness (QED) is 0.600. The van der Waals surface area contributed by atoms with Crippen LogP contribution in [0.4, 0.5) is 12.9 Å². The minimum absolute atomic E-state index is 0. The van der Waals surface area contributed by atoms with Crippen molar-refractivity contribution in [2.24, 2.45) is 0 Å². The van der Waals surface area contributed by atoms with E-state index in [4.69, 9.17) is 0 Å². The van der Waals surface area contributed by atoms with Crippen molar-refractivity contribution in [1.29, 1.82) is 0 Å². The van der Waals surface area contributed by atoms with Gasteiger partial charge in [0.15, 0.2) is 0 Å². The van der Waals surface area contributed by atoms with Crippen molar-refractivity contribution in [3.63, 3.8) is 0 Å². The van der Waals surface area contributed by atoms with Crippen LogP contribution < -0.4 is 51.4 Å². The molecule has 1 rings (SSSR count). The Hall–Kier alpha value is 0.961. The van der Waals surface area contributed by atoms with E-state index in [0.717, 1.165) is 19.3 Å². The van der Waals surface area contributed by atoms with Crippen LogP contribution in [0.1, 0.15) is 25.7 Å². The number of hydrogen-bond donors (Lipinski definition) is 0. The minimum Gasteiger partial charge on any atom is -0.449 e. The number of likely N-dealkylation sites (tertiary alicyclic amines) is 1. The van der Waals surface area contributed by atoms with E-state index < -0.39 is 13.3 Å². The molecule has 1 fully saturated rings. The Morgan fingerprint density at radius 1 is 1.20 bits per heavy atom. The molecular formula is C8H14BF3KNO. The molecule has 0 unspecified atom stereocenters. The first-order valence-electron chi connectivity index (χ1n) is 4.98. The second-order valence-corrected chi connectivity index (χ2v) is 3.69. The number of rotatable bonds is 3. The van der Waals surface area contributed by atoms with Gasteiger partial charge in [-0.2, -0.15) is 0 Å². The number of amides is 1. The van der Waals surface area contributed by atoms with E-state index in [9.17, 15) is 17.7 Å². The predicted molar refractivity (Wildman–Crippen MR) is 48.9 cm³/mol. The van der Waals surface area contributed by atoms with Crippen molar-refractivity contribution < 1.29 is 69.1 Å². The molecule has 1 aliphatic rings. The van der Waals surface area contributed by atoms with Gasteiger partial charge in [-0.1, -0.05) is 12.7 Å². The van der Waals surface area contributed by atoms with Crippen molar-refractivity contribution in [3.8, 4) is 0 Å². The van der Waals surface area contributed by atoms with Gasteiger partial charge in [-0.25, -0.2) is 0 Å². The van der Waals surface area contributed by atoms with Gasteiger partial charge in [0.2, 0.25) is 5.91 Å². The molecule has 0 aliphatic carbocycles. The first kappa shape index (κ1) is 16.0. The molecule has 0 radical (unpaired) electrons. The molecule has 7 heteroatoms. The van der Waals surface area contributed by atoms with Crippen LogP contribution in [0.3, 0.4) is 0 Å². The first-order chi connectivity index (χ1) is 6.49. The molecular weight excluding hydrogens is 233 g/mol. The summed E-state index contributed by atoms with van der Waals surface area (Å²) in [5.41, 5.74) is 0. The summed E-state index contributed by atoms with van der Waals surface area (Å²) in [7, 11) is 0. The van der Waals surface area contributed by atoms with Crippen LogP contribution in [0.2, 0.25) is 6.32 Å². The molecule has 2 nitrogen and oxygen atoms in total. The first-order valence-corrected chi connectivity index (χ1v) is 4.98. The average Bonchev–Trinajstić information content (AvgIpc) is 2.25. The molecule has 0 spiro atoms. The van der Waals surface area contributed by atoms with E-state index in [-0.39, 0.29) is 63.8 Å². The van der Waals surface area contributed by atoms with Crippen molar-refractivity contribution in [2.45, 2.75) is 32.0 Å². The normalized spacial score (nSPS) is 18.3. The Balaban J connectivity index is 0.00000196. The molecule has 0 N–H and O–H groups in total. The number of carbonyl (C=O) groups excluding carboxylic acids is 1. The molecule has 1 aliphatic heterocycles. The molecule has 1 amide bonds. The molecule has 0 bridgehead atoms. The second kappa shape index (κ2) is 7.32. The number of carbonyl (C=O) groups is 1. The van der Waals surface area contributed by atoms with Gasteiger partial charge < -0.3 is 17.8 Å². The fourth-order valence-electron chi connectivity index (χ4n) is 1.58. The zero-order valence-electron chi connectivity index (χ0n) is 9.02. The molecule has 0 aromatic rings. The molecule has 15 heavy (non-hydrogen) atoms. The van der Waals surface area contributed by atoms with Gasteiger partial charge in [0.05, 0.1) is 0 Å². The van der Waals surface area contributed by atoms with Crippen molar-refractivity contribution in [2.75, 3.05) is 13.1 Å². The fraction of sp³-hybridized carbons (Fsp3) is 0.875. The van der Waals surface area contributed by atoms with Gasteiger partial charge in [-0.15, -0.1) is 0 Å². The summed E-state index contributed by atoms with van der Waals surface area (Å²) >= 11 is 0. The second-order valence-electron chi connectivity index (χ2n) is 3.69. The van der Waals surface area contributed by atoms with Crippen LogP contribution in [-0.2, 0) is 4.79 Å². The molecule has 0 aromatic carbocycles. The molecule has 0 atom stereocenters. The third-order valence-electron chi connectivity index (χ3n) is 2.40. The molecule has 82 valence electrons. The Labute approximate surface area is 130 Å². The zero-order valence-corrected chi connectivity index (χ0v) is 12.1. The molecule has 0 saturated carbocycles. The van der Waals surface area contributed by atoms with Crippen LogP contribution >= 0.6 is 0 Å². The minimum atomic E-state index is -4.75. The molecule has 0 aromatic heterocycles. The van der Waals surface area contributed by atoms with Gasteiger partial charge in [0.25, 0.3) is 0 Å². The van der Waals surface area contributed by atoms with Gasteiger partial charge >= 0.3 is 58.4 Å². The van der Waals surface area contributed by atoms with E-state index in [2.05, 4.69) is 0 Å². The summed E-state index contributed by atoms with van der Waals surface area (Å²) in [6, 6.07) is 0. The smallest absolute Gasteiger partial charge is 0.449 e. The summed E-state index contributed by atoms with van der Waals surface area (Å²) < 4.78 is 35.9. The van der Waals surface area contributed by atoms with Crippen molar-refractivity contribution >= 4 is 12.9 Å². The maximum absolute atomic E-state index is 12.0. The Bertz CT molecular complexity index is 213. The van der Waals surface area contributed by atoms with E-state index in [1.54, 1.807) is 0 Å². The maximum Gasteiger partial charge on any atom is 1.00 e. The monoisotopic (exact) mass is 247 g/mol. The summed E-state index contributed by atoms with van der Waals surface area (Å²) in [6.45, 7) is -4.41. The van der Waals surface area contributed by atoms with Crippen LogP contribution in [0.15, 0.2) is 0 Å². The van der Waals surface area contributed by atoms with Crippen LogP contribution in [0.25, 0.3) is 0 Å². The van der Waals surface area contributed by atoms with E-state index >= 15 is 0 Å². The van der Waals surface area contributed by atoms with Crippen molar-refractivity contribution in [3.05, 3.63) is 0 Å². The Morgan fingerprint density at radius 3 is 2.47 bits per heavy atom. The van der Waals surface area contributed by atoms with E-state index in [1.807, 2.05) is 0 Å². The standard InChI is InChI=1S/C8H14BF3NO.K/c10-9(11,12)5-7-13-6-3-1-2-4-8(13)14;/h1-7H2;/q-1;+1. The van der Waals surface area contributed by atoms with Crippen LogP contribution in [0, 0.1) is 0 Å². The average molecular weight is 247 g/mol. The largest absolute Gasteiger partial charge is 1.00 e. The fourth-order valence-corrected chi connectivity index (χ4v) is 1.58. The SMILES string of the molecule is O=C1CCCCCN1CC[B-](F)(F)F.[K+]. The number of hydrogen-bond acceptors (Lipinski definition) is 1. The number of halogens is 3. The number of nitrogens with zero attached hydrogens (tertiary/aromatic N) is 1. The van der Waals surface area contributed by atoms with Gasteiger partial charge in [-0.05, 0) is 19.4 Å². The van der Waals surface area contributed by atoms with E-state index in [1.165, 1.54) is 4.90 Å². The predicted octanol–water partition coefficient (Wildman–Crippen LogP) is -0.760. The molecule has 1 heterocycles. The summed E-state index contributed by atoms with van der Waals surface area (Å²) in [5, 5.41) is 0. The third kappa shape index (κ3) is 6.99. The summed E-state index contributed by atoms with van der Waals surface area (Å²) in [5.74, 6) is -0.123. The van der Waals surface area contributed by atoms with Crippen LogP contribution in [0.5, 0.6) is 0 Å². The van der Waals surface area contributed by atoms with Crippen molar-refractivity contribution in [1.82, 2.24) is 4.90 Å². The van der Waals surface area contributed by atoms with E-state index in [0.29, 0.717) is 13.0 Å². The van der Waals surface area contributed by atoms with Gasteiger partial charge in [0, 0.05) is 13.0 Å². The van der Waals surface area contributed by atoms with Gasteiger partial charge in [-0.3, -0.25) is 4.79 Å². The third-order valence-corrected chi connectivity index (χ3v) is 2.40. The Kier molecular flexibility index (Phi) is 7.79. The van der Waals surface area contributed by atoms with Crippen LogP contribution in [-0.4, -0.2) is 30.9 Å². The maximum atomic E-state index is 12.0. The zero-order chi connectivity index (χ0) is 10.6. The molecule has 1 saturated heterocycles. The Morgan fingerprint density at radius 2 is 1.87 bits per heavy atom. The summed E-state index contributed by atoms with van der Waals surface area (Å²) in [6.07, 6.45) is 2.17. The topological polar surface area (TPSA) is 20.3 Å².